The lowest BCUT2D eigenvalue weighted by Crippen LogP contribution is -2.54. The van der Waals surface area contributed by atoms with Crippen LogP contribution >= 0.6 is 0 Å². The number of aryl methyl sites for hydroxylation is 1. The van der Waals surface area contributed by atoms with Crippen molar-refractivity contribution in [2.75, 3.05) is 13.7 Å². The second kappa shape index (κ2) is 5.81. The summed E-state index contributed by atoms with van der Waals surface area (Å²) in [5.74, 6) is -1.54. The summed E-state index contributed by atoms with van der Waals surface area (Å²) in [5.41, 5.74) is -0.903. The smallest absolute Gasteiger partial charge is 0.248 e. The molecule has 0 saturated heterocycles. The van der Waals surface area contributed by atoms with Gasteiger partial charge in [0.25, 0.3) is 0 Å². The molecule has 0 amide bonds. The maximum absolute atomic E-state index is 12.1. The van der Waals surface area contributed by atoms with Gasteiger partial charge in [-0.05, 0) is 44.5 Å². The van der Waals surface area contributed by atoms with E-state index < -0.39 is 29.0 Å². The number of phenols is 2. The molecule has 0 fully saturated rings. The van der Waals surface area contributed by atoms with Gasteiger partial charge in [-0.3, -0.25) is 0 Å². The Balaban J connectivity index is 1.91. The minimum Gasteiger partial charge on any atom is -0.508 e. The molecule has 4 atom stereocenters. The molecule has 2 heterocycles. The zero-order valence-electron chi connectivity index (χ0n) is 17.6. The molecule has 5 rings (SSSR count). The maximum atomic E-state index is 12.1. The number of hydrogen-bond acceptors (Lipinski definition) is 7. The van der Waals surface area contributed by atoms with Crippen LogP contribution in [0.5, 0.6) is 23.0 Å². The maximum Gasteiger partial charge on any atom is 0.248 e. The highest BCUT2D eigenvalue weighted by atomic mass is 16.7. The number of fused-ring (bicyclic) bond motifs is 4. The molecule has 2 bridgehead atoms. The monoisotopic (exact) mass is 414 g/mol. The third kappa shape index (κ3) is 2.10. The first kappa shape index (κ1) is 19.5. The molecule has 2 aliphatic heterocycles. The van der Waals surface area contributed by atoms with Crippen LogP contribution in [0.1, 0.15) is 43.0 Å². The number of ether oxygens (including phenoxy) is 4. The lowest BCUT2D eigenvalue weighted by Gasteiger charge is -2.45. The van der Waals surface area contributed by atoms with E-state index in [1.54, 1.807) is 32.2 Å². The van der Waals surface area contributed by atoms with Gasteiger partial charge in [0.05, 0.1) is 23.7 Å². The second-order valence-corrected chi connectivity index (χ2v) is 8.97. The van der Waals surface area contributed by atoms with Crippen molar-refractivity contribution in [1.82, 2.24) is 0 Å². The van der Waals surface area contributed by atoms with Crippen molar-refractivity contribution >= 4 is 0 Å². The van der Waals surface area contributed by atoms with Gasteiger partial charge >= 0.3 is 0 Å². The number of hydrogen-bond donors (Lipinski definition) is 3. The van der Waals surface area contributed by atoms with Crippen molar-refractivity contribution in [1.29, 1.82) is 0 Å². The van der Waals surface area contributed by atoms with E-state index in [1.807, 2.05) is 20.8 Å². The molecule has 3 N–H and O–H groups in total. The molecule has 2 aromatic carbocycles. The normalized spacial score (nSPS) is 32.5. The summed E-state index contributed by atoms with van der Waals surface area (Å²) in [6.45, 7) is 7.68. The highest BCUT2D eigenvalue weighted by Gasteiger charge is 2.70. The Morgan fingerprint density at radius 2 is 1.80 bits per heavy atom. The van der Waals surface area contributed by atoms with Gasteiger partial charge in [0.2, 0.25) is 5.79 Å². The number of rotatable bonds is 2. The first-order valence-corrected chi connectivity index (χ1v) is 10.0. The molecule has 1 aliphatic carbocycles. The SMILES string of the molecule is COC[C@H]1O[C@]23Oc4cccc(O)c4[C@](O)(c4c(O)cc(C)c(c42)OC1(C)C)[C@H]3C. The van der Waals surface area contributed by atoms with Gasteiger partial charge in [-0.1, -0.05) is 13.0 Å². The molecule has 1 spiro atoms. The Morgan fingerprint density at radius 3 is 2.50 bits per heavy atom. The fourth-order valence-electron chi connectivity index (χ4n) is 5.22. The van der Waals surface area contributed by atoms with Gasteiger partial charge in [0, 0.05) is 12.7 Å². The van der Waals surface area contributed by atoms with E-state index in [4.69, 9.17) is 18.9 Å². The largest absolute Gasteiger partial charge is 0.508 e. The molecule has 0 saturated carbocycles. The first-order chi connectivity index (χ1) is 14.1. The molecule has 2 aromatic rings. The average molecular weight is 414 g/mol. The van der Waals surface area contributed by atoms with E-state index in [0.717, 1.165) is 0 Å². The quantitative estimate of drug-likeness (QED) is 0.695. The second-order valence-electron chi connectivity index (χ2n) is 8.97. The van der Waals surface area contributed by atoms with Crippen molar-refractivity contribution in [3.8, 4) is 23.0 Å². The Kier molecular flexibility index (Phi) is 3.77. The van der Waals surface area contributed by atoms with Crippen LogP contribution in [0.4, 0.5) is 0 Å². The minimum absolute atomic E-state index is 0.0997. The molecular formula is C23H26O7. The van der Waals surface area contributed by atoms with Gasteiger partial charge in [0.15, 0.2) is 0 Å². The third-order valence-electron chi connectivity index (χ3n) is 6.79. The summed E-state index contributed by atoms with van der Waals surface area (Å²) in [6, 6.07) is 6.38. The minimum atomic E-state index is -1.73. The van der Waals surface area contributed by atoms with Crippen molar-refractivity contribution in [2.24, 2.45) is 5.92 Å². The Morgan fingerprint density at radius 1 is 1.07 bits per heavy atom. The van der Waals surface area contributed by atoms with Crippen LogP contribution in [-0.2, 0) is 20.9 Å². The third-order valence-corrected chi connectivity index (χ3v) is 6.79. The van der Waals surface area contributed by atoms with E-state index in [2.05, 4.69) is 0 Å². The van der Waals surface area contributed by atoms with E-state index in [-0.39, 0.29) is 29.2 Å². The lowest BCUT2D eigenvalue weighted by atomic mass is 9.77. The fraction of sp³-hybridized carbons (Fsp3) is 0.478. The summed E-state index contributed by atoms with van der Waals surface area (Å²) in [7, 11) is 1.58. The van der Waals surface area contributed by atoms with Crippen molar-refractivity contribution in [2.45, 2.75) is 50.8 Å². The van der Waals surface area contributed by atoms with Gasteiger partial charge in [-0.25, -0.2) is 0 Å². The first-order valence-electron chi connectivity index (χ1n) is 10.0. The van der Waals surface area contributed by atoms with Crippen LogP contribution in [0, 0.1) is 12.8 Å². The van der Waals surface area contributed by atoms with Gasteiger partial charge in [-0.2, -0.15) is 0 Å². The number of aromatic hydroxyl groups is 2. The van der Waals surface area contributed by atoms with E-state index >= 15 is 0 Å². The summed E-state index contributed by atoms with van der Waals surface area (Å²) in [5, 5.41) is 33.7. The average Bonchev–Trinajstić information content (AvgIpc) is 2.74. The zero-order chi connectivity index (χ0) is 21.6. The van der Waals surface area contributed by atoms with Gasteiger partial charge < -0.3 is 34.3 Å². The Bertz CT molecular complexity index is 1060. The standard InChI is InChI=1S/C23H26O7/c1-11-9-14(25)18-19-20(11)30-21(3,4)16(10-27-5)29-23(19)12(2)22(18,26)17-13(24)7-6-8-15(17)28-23/h6-9,12,16,24-26H,10H2,1-5H3/t12-,16-,22+,23+/m1/s1. The predicted octanol–water partition coefficient (Wildman–Crippen LogP) is 3.04. The fourth-order valence-corrected chi connectivity index (χ4v) is 5.22. The summed E-state index contributed by atoms with van der Waals surface area (Å²) in [6.07, 6.45) is -0.534. The highest BCUT2D eigenvalue weighted by molar-refractivity contribution is 5.69. The topological polar surface area (TPSA) is 97.6 Å². The molecule has 7 nitrogen and oxygen atoms in total. The molecule has 7 heteroatoms. The molecule has 3 aliphatic rings. The van der Waals surface area contributed by atoms with Gasteiger partial charge in [-0.15, -0.1) is 0 Å². The Labute approximate surface area is 174 Å². The molecule has 30 heavy (non-hydrogen) atoms. The summed E-state index contributed by atoms with van der Waals surface area (Å²) < 4.78 is 24.9. The Hall–Kier alpha value is -2.48. The van der Waals surface area contributed by atoms with Crippen molar-refractivity contribution < 1.29 is 34.3 Å². The van der Waals surface area contributed by atoms with E-state index in [1.165, 1.54) is 6.07 Å². The van der Waals surface area contributed by atoms with E-state index in [9.17, 15) is 15.3 Å². The number of aliphatic hydroxyl groups is 1. The number of benzene rings is 2. The predicted molar refractivity (Wildman–Crippen MR) is 107 cm³/mol. The highest BCUT2D eigenvalue weighted by Crippen LogP contribution is 2.68. The molecule has 0 aromatic heterocycles. The van der Waals surface area contributed by atoms with Crippen LogP contribution in [0.3, 0.4) is 0 Å². The number of phenolic OH excluding ortho intramolecular Hbond substituents is 2. The summed E-state index contributed by atoms with van der Waals surface area (Å²) >= 11 is 0. The molecule has 0 radical (unpaired) electrons. The van der Waals surface area contributed by atoms with Crippen LogP contribution in [0.15, 0.2) is 24.3 Å². The lowest BCUT2D eigenvalue weighted by molar-refractivity contribution is -0.290. The molecule has 160 valence electrons. The number of methoxy groups -OCH3 is 1. The summed E-state index contributed by atoms with van der Waals surface area (Å²) in [4.78, 5) is 0. The van der Waals surface area contributed by atoms with Crippen LogP contribution < -0.4 is 9.47 Å². The van der Waals surface area contributed by atoms with Crippen molar-refractivity contribution in [3.05, 3.63) is 46.5 Å². The van der Waals surface area contributed by atoms with E-state index in [0.29, 0.717) is 22.6 Å². The van der Waals surface area contributed by atoms with Gasteiger partial charge in [0.1, 0.15) is 40.3 Å². The van der Waals surface area contributed by atoms with Crippen LogP contribution in [-0.4, -0.2) is 40.7 Å². The van der Waals surface area contributed by atoms with Crippen LogP contribution in [0.2, 0.25) is 0 Å². The van der Waals surface area contributed by atoms with Crippen LogP contribution in [0.25, 0.3) is 0 Å². The molecular weight excluding hydrogens is 388 g/mol. The zero-order valence-corrected chi connectivity index (χ0v) is 17.6. The molecule has 0 unspecified atom stereocenters. The van der Waals surface area contributed by atoms with Crippen molar-refractivity contribution in [3.63, 3.8) is 0 Å².